The average Bonchev–Trinajstić information content (AvgIpc) is 2.54. The van der Waals surface area contributed by atoms with Gasteiger partial charge in [0, 0.05) is 5.02 Å². The third kappa shape index (κ3) is 5.84. The van der Waals surface area contributed by atoms with Gasteiger partial charge in [-0.1, -0.05) is 23.7 Å². The molecule has 0 unspecified atom stereocenters. The summed E-state index contributed by atoms with van der Waals surface area (Å²) < 4.78 is 37.6. The smallest absolute Gasteiger partial charge is 0.260 e. The maximum atomic E-state index is 12.8. The minimum absolute atomic E-state index is 0.310. The van der Waals surface area contributed by atoms with Crippen LogP contribution in [-0.4, -0.2) is 33.3 Å². The van der Waals surface area contributed by atoms with Crippen molar-refractivity contribution in [2.75, 3.05) is 17.1 Å². The lowest BCUT2D eigenvalue weighted by molar-refractivity contribution is -0.119. The second-order valence-corrected chi connectivity index (χ2v) is 7.43. The molecule has 1 amide bonds. The van der Waals surface area contributed by atoms with Crippen molar-refractivity contribution >= 4 is 39.4 Å². The van der Waals surface area contributed by atoms with E-state index in [1.165, 1.54) is 54.7 Å². The quantitative estimate of drug-likeness (QED) is 0.614. The number of carbonyl (C=O) groups is 1. The van der Waals surface area contributed by atoms with Crippen LogP contribution >= 0.6 is 11.6 Å². The summed E-state index contributed by atoms with van der Waals surface area (Å²) in [5.41, 5.74) is 3.13. The summed E-state index contributed by atoms with van der Waals surface area (Å²) in [5.74, 6) is -1.01. The van der Waals surface area contributed by atoms with Crippen LogP contribution in [0.15, 0.2) is 53.6 Å². The Labute approximate surface area is 150 Å². The maximum absolute atomic E-state index is 12.8. The summed E-state index contributed by atoms with van der Waals surface area (Å²) in [6.45, 7) is -0.443. The molecule has 6 nitrogen and oxygen atoms in total. The van der Waals surface area contributed by atoms with Crippen molar-refractivity contribution in [3.63, 3.8) is 0 Å². The molecule has 1 N–H and O–H groups in total. The lowest BCUT2D eigenvalue weighted by Gasteiger charge is -2.21. The fourth-order valence-corrected chi connectivity index (χ4v) is 2.88. The molecule has 2 rings (SSSR count). The van der Waals surface area contributed by atoms with Gasteiger partial charge in [-0.3, -0.25) is 9.10 Å². The molecule has 0 aromatic heterocycles. The molecular weight excluding hydrogens is 369 g/mol. The van der Waals surface area contributed by atoms with E-state index in [0.29, 0.717) is 16.3 Å². The SMILES string of the molecule is CS(=O)(=O)N(CC(=O)N/N=C\c1ccc(F)cc1)c1ccc(Cl)cc1. The molecule has 0 heterocycles. The summed E-state index contributed by atoms with van der Waals surface area (Å²) in [6, 6.07) is 11.5. The van der Waals surface area contributed by atoms with E-state index in [1.807, 2.05) is 0 Å². The maximum Gasteiger partial charge on any atom is 0.260 e. The molecule has 132 valence electrons. The van der Waals surface area contributed by atoms with Crippen LogP contribution < -0.4 is 9.73 Å². The molecule has 0 aliphatic rings. The molecule has 0 radical (unpaired) electrons. The molecule has 9 heteroatoms. The summed E-state index contributed by atoms with van der Waals surface area (Å²) in [6.07, 6.45) is 2.32. The number of sulfonamides is 1. The number of amides is 1. The van der Waals surface area contributed by atoms with Crippen molar-refractivity contribution in [3.8, 4) is 0 Å². The topological polar surface area (TPSA) is 78.8 Å². The van der Waals surface area contributed by atoms with Gasteiger partial charge in [-0.25, -0.2) is 18.2 Å². The molecule has 0 spiro atoms. The first kappa shape index (κ1) is 18.9. The van der Waals surface area contributed by atoms with Crippen LogP contribution in [0.2, 0.25) is 5.02 Å². The minimum atomic E-state index is -3.67. The number of nitrogens with zero attached hydrogens (tertiary/aromatic N) is 2. The Morgan fingerprint density at radius 3 is 2.36 bits per heavy atom. The summed E-state index contributed by atoms with van der Waals surface area (Å²) in [7, 11) is -3.67. The average molecular weight is 384 g/mol. The van der Waals surface area contributed by atoms with Gasteiger partial charge in [-0.05, 0) is 42.0 Å². The van der Waals surface area contributed by atoms with E-state index in [2.05, 4.69) is 10.5 Å². The third-order valence-corrected chi connectivity index (χ3v) is 4.47. The van der Waals surface area contributed by atoms with Gasteiger partial charge in [0.05, 0.1) is 18.2 Å². The Hall–Kier alpha value is -2.45. The van der Waals surface area contributed by atoms with E-state index in [0.717, 1.165) is 10.6 Å². The van der Waals surface area contributed by atoms with Crippen LogP contribution in [0.4, 0.5) is 10.1 Å². The Balaban J connectivity index is 2.04. The lowest BCUT2D eigenvalue weighted by atomic mass is 10.2. The van der Waals surface area contributed by atoms with Crippen molar-refractivity contribution in [1.29, 1.82) is 0 Å². The van der Waals surface area contributed by atoms with Gasteiger partial charge in [0.2, 0.25) is 10.0 Å². The van der Waals surface area contributed by atoms with E-state index in [9.17, 15) is 17.6 Å². The molecule has 0 saturated carbocycles. The van der Waals surface area contributed by atoms with Gasteiger partial charge in [0.25, 0.3) is 5.91 Å². The predicted octanol–water partition coefficient (Wildman–Crippen LogP) is 2.40. The second kappa shape index (κ2) is 8.09. The van der Waals surface area contributed by atoms with Gasteiger partial charge < -0.3 is 0 Å². The second-order valence-electron chi connectivity index (χ2n) is 5.09. The van der Waals surface area contributed by atoms with E-state index in [-0.39, 0.29) is 5.82 Å². The van der Waals surface area contributed by atoms with E-state index < -0.39 is 22.5 Å². The molecular formula is C16H15ClFN3O3S. The van der Waals surface area contributed by atoms with E-state index >= 15 is 0 Å². The zero-order valence-electron chi connectivity index (χ0n) is 13.2. The largest absolute Gasteiger partial charge is 0.271 e. The highest BCUT2D eigenvalue weighted by Gasteiger charge is 2.20. The molecule has 0 fully saturated rings. The first-order valence-electron chi connectivity index (χ1n) is 7.06. The standard InChI is InChI=1S/C16H15ClFN3O3S/c1-25(23,24)21(15-8-4-13(17)5-9-15)11-16(22)20-19-10-12-2-6-14(18)7-3-12/h2-10H,11H2,1H3,(H,20,22)/b19-10-. The predicted molar refractivity (Wildman–Crippen MR) is 95.8 cm³/mol. The molecule has 2 aromatic carbocycles. The van der Waals surface area contributed by atoms with E-state index in [1.54, 1.807) is 0 Å². The Morgan fingerprint density at radius 2 is 1.80 bits per heavy atom. The van der Waals surface area contributed by atoms with Crippen molar-refractivity contribution in [1.82, 2.24) is 5.43 Å². The monoisotopic (exact) mass is 383 g/mol. The highest BCUT2D eigenvalue weighted by Crippen LogP contribution is 2.20. The lowest BCUT2D eigenvalue weighted by Crippen LogP contribution is -2.38. The number of halogens is 2. The van der Waals surface area contributed by atoms with Crippen LogP contribution in [0.5, 0.6) is 0 Å². The summed E-state index contributed by atoms with van der Waals surface area (Å²) in [5, 5.41) is 4.17. The normalized spacial score (nSPS) is 11.5. The first-order valence-corrected chi connectivity index (χ1v) is 9.29. The molecule has 0 bridgehead atoms. The van der Waals surface area contributed by atoms with Gasteiger partial charge >= 0.3 is 0 Å². The van der Waals surface area contributed by atoms with Crippen molar-refractivity contribution < 1.29 is 17.6 Å². The first-order chi connectivity index (χ1) is 11.8. The molecule has 0 aliphatic heterocycles. The van der Waals surface area contributed by atoms with Crippen molar-refractivity contribution in [2.45, 2.75) is 0 Å². The number of carbonyl (C=O) groups excluding carboxylic acids is 1. The third-order valence-electron chi connectivity index (χ3n) is 3.08. The fraction of sp³-hybridized carbons (Fsp3) is 0.125. The highest BCUT2D eigenvalue weighted by molar-refractivity contribution is 7.92. The molecule has 0 aliphatic carbocycles. The van der Waals surface area contributed by atoms with Gasteiger partial charge in [0.15, 0.2) is 0 Å². The van der Waals surface area contributed by atoms with Crippen LogP contribution in [0.3, 0.4) is 0 Å². The zero-order chi connectivity index (χ0) is 18.4. The molecule has 0 atom stereocenters. The highest BCUT2D eigenvalue weighted by atomic mass is 35.5. The van der Waals surface area contributed by atoms with Gasteiger partial charge in [0.1, 0.15) is 12.4 Å². The van der Waals surface area contributed by atoms with Gasteiger partial charge in [-0.15, -0.1) is 0 Å². The van der Waals surface area contributed by atoms with Crippen molar-refractivity contribution in [2.24, 2.45) is 5.10 Å². The Bertz CT molecular complexity index is 869. The fourth-order valence-electron chi connectivity index (χ4n) is 1.90. The van der Waals surface area contributed by atoms with Crippen molar-refractivity contribution in [3.05, 3.63) is 64.9 Å². The van der Waals surface area contributed by atoms with Crippen LogP contribution in [-0.2, 0) is 14.8 Å². The minimum Gasteiger partial charge on any atom is -0.271 e. The van der Waals surface area contributed by atoms with Crippen LogP contribution in [0, 0.1) is 5.82 Å². The molecule has 2 aromatic rings. The number of hydrogen-bond donors (Lipinski definition) is 1. The van der Waals surface area contributed by atoms with E-state index in [4.69, 9.17) is 11.6 Å². The van der Waals surface area contributed by atoms with Gasteiger partial charge in [-0.2, -0.15) is 5.10 Å². The zero-order valence-corrected chi connectivity index (χ0v) is 14.8. The number of anilines is 1. The Kier molecular flexibility index (Phi) is 6.11. The Morgan fingerprint density at radius 1 is 1.20 bits per heavy atom. The molecule has 0 saturated heterocycles. The number of benzene rings is 2. The number of rotatable bonds is 6. The van der Waals surface area contributed by atoms with Crippen LogP contribution in [0.25, 0.3) is 0 Å². The number of hydrazone groups is 1. The number of nitrogens with one attached hydrogen (secondary N) is 1. The summed E-state index contributed by atoms with van der Waals surface area (Å²) >= 11 is 5.78. The number of hydrogen-bond acceptors (Lipinski definition) is 4. The van der Waals surface area contributed by atoms with Crippen LogP contribution in [0.1, 0.15) is 5.56 Å². The summed E-state index contributed by atoms with van der Waals surface area (Å²) in [4.78, 5) is 12.0. The molecule has 25 heavy (non-hydrogen) atoms.